The van der Waals surface area contributed by atoms with Gasteiger partial charge >= 0.3 is 0 Å². The average molecular weight is 364 g/mol. The maximum Gasteiger partial charge on any atom is 0.263 e. The maximum absolute atomic E-state index is 12.2. The molecule has 1 saturated heterocycles. The number of hydrogen-bond donors (Lipinski definition) is 1. The van der Waals surface area contributed by atoms with Crippen LogP contribution in [-0.2, 0) is 0 Å². The SMILES string of the molecule is CC1CCN(CCCCNC(=O)c2cnc(-c3cccs3)s2)CC1. The van der Waals surface area contributed by atoms with Gasteiger partial charge in [0.1, 0.15) is 9.88 Å². The van der Waals surface area contributed by atoms with Crippen LogP contribution in [0.15, 0.2) is 23.7 Å². The van der Waals surface area contributed by atoms with Crippen molar-refractivity contribution in [2.24, 2.45) is 5.92 Å². The summed E-state index contributed by atoms with van der Waals surface area (Å²) in [5.74, 6) is 0.890. The molecule has 0 unspecified atom stereocenters. The summed E-state index contributed by atoms with van der Waals surface area (Å²) in [5, 5.41) is 5.97. The second-order valence-electron chi connectivity index (χ2n) is 6.49. The Morgan fingerprint density at radius 3 is 2.96 bits per heavy atom. The molecule has 1 aliphatic heterocycles. The fraction of sp³-hybridized carbons (Fsp3) is 0.556. The number of carbonyl (C=O) groups is 1. The molecule has 1 N–H and O–H groups in total. The average Bonchev–Trinajstić information content (AvgIpc) is 3.27. The van der Waals surface area contributed by atoms with E-state index in [1.807, 2.05) is 17.5 Å². The number of aromatic nitrogens is 1. The number of amides is 1. The van der Waals surface area contributed by atoms with Crippen LogP contribution in [0.4, 0.5) is 0 Å². The molecule has 1 fully saturated rings. The Morgan fingerprint density at radius 2 is 2.21 bits per heavy atom. The lowest BCUT2D eigenvalue weighted by atomic mass is 9.99. The van der Waals surface area contributed by atoms with Crippen molar-refractivity contribution < 1.29 is 4.79 Å². The minimum atomic E-state index is 0.00195. The molecule has 0 radical (unpaired) electrons. The predicted molar refractivity (Wildman–Crippen MR) is 102 cm³/mol. The fourth-order valence-electron chi connectivity index (χ4n) is 2.93. The number of rotatable bonds is 7. The van der Waals surface area contributed by atoms with E-state index in [0.717, 1.165) is 41.7 Å². The van der Waals surface area contributed by atoms with E-state index in [2.05, 4.69) is 22.1 Å². The number of carbonyl (C=O) groups excluding carboxylic acids is 1. The summed E-state index contributed by atoms with van der Waals surface area (Å²) in [6.07, 6.45) is 6.53. The Morgan fingerprint density at radius 1 is 1.38 bits per heavy atom. The minimum Gasteiger partial charge on any atom is -0.351 e. The zero-order chi connectivity index (χ0) is 16.8. The molecule has 4 nitrogen and oxygen atoms in total. The number of hydrogen-bond acceptors (Lipinski definition) is 5. The number of piperidine rings is 1. The van der Waals surface area contributed by atoms with Gasteiger partial charge in [0, 0.05) is 6.54 Å². The lowest BCUT2D eigenvalue weighted by Crippen LogP contribution is -2.34. The molecule has 0 saturated carbocycles. The predicted octanol–water partition coefficient (Wildman–Crippen LogP) is 4.11. The van der Waals surface area contributed by atoms with Gasteiger partial charge in [-0.25, -0.2) is 4.98 Å². The van der Waals surface area contributed by atoms with E-state index in [1.165, 1.54) is 37.3 Å². The molecule has 1 amide bonds. The molecule has 130 valence electrons. The quantitative estimate of drug-likeness (QED) is 0.753. The third-order valence-electron chi connectivity index (χ3n) is 4.52. The summed E-state index contributed by atoms with van der Waals surface area (Å²) < 4.78 is 0. The fourth-order valence-corrected chi connectivity index (χ4v) is 4.56. The van der Waals surface area contributed by atoms with Crippen molar-refractivity contribution in [3.8, 4) is 9.88 Å². The molecule has 0 aromatic carbocycles. The topological polar surface area (TPSA) is 45.2 Å². The Bertz CT molecular complexity index is 630. The summed E-state index contributed by atoms with van der Waals surface area (Å²) in [4.78, 5) is 20.9. The van der Waals surface area contributed by atoms with E-state index in [0.29, 0.717) is 4.88 Å². The third kappa shape index (κ3) is 4.88. The van der Waals surface area contributed by atoms with Crippen molar-refractivity contribution in [3.63, 3.8) is 0 Å². The first-order valence-corrected chi connectivity index (χ1v) is 10.4. The van der Waals surface area contributed by atoms with Crippen molar-refractivity contribution in [2.75, 3.05) is 26.2 Å². The van der Waals surface area contributed by atoms with E-state index in [9.17, 15) is 4.79 Å². The Kier molecular flexibility index (Phi) is 6.40. The van der Waals surface area contributed by atoms with Gasteiger partial charge in [0.25, 0.3) is 5.91 Å². The standard InChI is InChI=1S/C18H25N3OS2/c1-14-6-10-21(11-7-14)9-3-2-8-19-17(22)16-13-20-18(24-16)15-5-4-12-23-15/h4-5,12-14H,2-3,6-11H2,1H3,(H,19,22). The van der Waals surface area contributed by atoms with Crippen LogP contribution in [0.5, 0.6) is 0 Å². The lowest BCUT2D eigenvalue weighted by Gasteiger charge is -2.30. The summed E-state index contributed by atoms with van der Waals surface area (Å²) in [5.41, 5.74) is 0. The molecular formula is C18H25N3OS2. The second-order valence-corrected chi connectivity index (χ2v) is 8.47. The molecule has 0 spiro atoms. The van der Waals surface area contributed by atoms with Crippen LogP contribution in [0.2, 0.25) is 0 Å². The van der Waals surface area contributed by atoms with Crippen molar-refractivity contribution in [1.82, 2.24) is 15.2 Å². The smallest absolute Gasteiger partial charge is 0.263 e. The van der Waals surface area contributed by atoms with E-state index in [1.54, 1.807) is 17.5 Å². The molecule has 6 heteroatoms. The van der Waals surface area contributed by atoms with Crippen LogP contribution in [0, 0.1) is 5.92 Å². The number of nitrogens with one attached hydrogen (secondary N) is 1. The number of likely N-dealkylation sites (tertiary alicyclic amines) is 1. The molecule has 3 heterocycles. The summed E-state index contributed by atoms with van der Waals surface area (Å²) in [7, 11) is 0. The van der Waals surface area contributed by atoms with Crippen molar-refractivity contribution in [3.05, 3.63) is 28.6 Å². The monoisotopic (exact) mass is 363 g/mol. The van der Waals surface area contributed by atoms with Gasteiger partial charge in [-0.2, -0.15) is 0 Å². The molecule has 24 heavy (non-hydrogen) atoms. The highest BCUT2D eigenvalue weighted by Crippen LogP contribution is 2.28. The van der Waals surface area contributed by atoms with Gasteiger partial charge in [0.05, 0.1) is 11.1 Å². The summed E-state index contributed by atoms with van der Waals surface area (Å²) >= 11 is 3.12. The summed E-state index contributed by atoms with van der Waals surface area (Å²) in [6, 6.07) is 4.04. The number of thiophene rings is 1. The second kappa shape index (κ2) is 8.74. The highest BCUT2D eigenvalue weighted by molar-refractivity contribution is 7.21. The Hall–Kier alpha value is -1.24. The minimum absolute atomic E-state index is 0.00195. The molecule has 2 aromatic heterocycles. The van der Waals surface area contributed by atoms with Crippen LogP contribution < -0.4 is 5.32 Å². The molecule has 3 rings (SSSR count). The molecule has 0 atom stereocenters. The Balaban J connectivity index is 1.34. The highest BCUT2D eigenvalue weighted by Gasteiger charge is 2.15. The first-order chi connectivity index (χ1) is 11.7. The van der Waals surface area contributed by atoms with Crippen molar-refractivity contribution in [2.45, 2.75) is 32.6 Å². The molecular weight excluding hydrogens is 338 g/mol. The van der Waals surface area contributed by atoms with Gasteiger partial charge in [-0.05, 0) is 62.7 Å². The lowest BCUT2D eigenvalue weighted by molar-refractivity contribution is 0.0956. The van der Waals surface area contributed by atoms with Crippen LogP contribution in [0.1, 0.15) is 42.3 Å². The number of nitrogens with zero attached hydrogens (tertiary/aromatic N) is 2. The largest absolute Gasteiger partial charge is 0.351 e. The molecule has 1 aliphatic rings. The van der Waals surface area contributed by atoms with E-state index >= 15 is 0 Å². The first-order valence-electron chi connectivity index (χ1n) is 8.72. The van der Waals surface area contributed by atoms with Crippen molar-refractivity contribution >= 4 is 28.6 Å². The van der Waals surface area contributed by atoms with E-state index in [4.69, 9.17) is 0 Å². The molecule has 0 aliphatic carbocycles. The molecule has 0 bridgehead atoms. The van der Waals surface area contributed by atoms with Gasteiger partial charge < -0.3 is 10.2 Å². The van der Waals surface area contributed by atoms with Gasteiger partial charge in [-0.1, -0.05) is 13.0 Å². The van der Waals surface area contributed by atoms with E-state index in [-0.39, 0.29) is 5.91 Å². The summed E-state index contributed by atoms with van der Waals surface area (Å²) in [6.45, 7) is 6.72. The first kappa shape index (κ1) is 17.6. The number of unbranched alkanes of at least 4 members (excludes halogenated alkanes) is 1. The molecule has 2 aromatic rings. The van der Waals surface area contributed by atoms with Gasteiger partial charge in [-0.15, -0.1) is 22.7 Å². The van der Waals surface area contributed by atoms with Gasteiger partial charge in [0.2, 0.25) is 0 Å². The van der Waals surface area contributed by atoms with Crippen molar-refractivity contribution in [1.29, 1.82) is 0 Å². The van der Waals surface area contributed by atoms with Crippen LogP contribution in [-0.4, -0.2) is 42.0 Å². The number of thiazole rings is 1. The third-order valence-corrected chi connectivity index (χ3v) is 6.56. The van der Waals surface area contributed by atoms with Gasteiger partial charge in [-0.3, -0.25) is 4.79 Å². The van der Waals surface area contributed by atoms with Crippen LogP contribution >= 0.6 is 22.7 Å². The van der Waals surface area contributed by atoms with Crippen LogP contribution in [0.25, 0.3) is 9.88 Å². The zero-order valence-corrected chi connectivity index (χ0v) is 15.8. The van der Waals surface area contributed by atoms with Crippen LogP contribution in [0.3, 0.4) is 0 Å². The highest BCUT2D eigenvalue weighted by atomic mass is 32.1. The zero-order valence-electron chi connectivity index (χ0n) is 14.2. The van der Waals surface area contributed by atoms with Gasteiger partial charge in [0.15, 0.2) is 0 Å². The van der Waals surface area contributed by atoms with E-state index < -0.39 is 0 Å². The maximum atomic E-state index is 12.2. The normalized spacial score (nSPS) is 16.4. The Labute approximate surface area is 151 Å².